The van der Waals surface area contributed by atoms with Crippen LogP contribution in [0.15, 0.2) is 54.6 Å². The van der Waals surface area contributed by atoms with E-state index in [1.54, 1.807) is 43.3 Å². The van der Waals surface area contributed by atoms with E-state index in [0.29, 0.717) is 40.8 Å². The van der Waals surface area contributed by atoms with Crippen molar-refractivity contribution in [2.24, 2.45) is 0 Å². The second-order valence-corrected chi connectivity index (χ2v) is 7.60. The first-order chi connectivity index (χ1) is 15.4. The maximum Gasteiger partial charge on any atom is 0.338 e. The van der Waals surface area contributed by atoms with Crippen LogP contribution in [-0.4, -0.2) is 19.7 Å². The van der Waals surface area contributed by atoms with E-state index in [9.17, 15) is 9.18 Å². The maximum atomic E-state index is 13.2. The van der Waals surface area contributed by atoms with Gasteiger partial charge in [0.15, 0.2) is 11.5 Å². The molecule has 3 aromatic carbocycles. The predicted molar refractivity (Wildman–Crippen MR) is 123 cm³/mol. The van der Waals surface area contributed by atoms with Gasteiger partial charge >= 0.3 is 5.97 Å². The Morgan fingerprint density at radius 1 is 1.03 bits per heavy atom. The van der Waals surface area contributed by atoms with Crippen LogP contribution in [0.3, 0.4) is 0 Å². The molecule has 0 spiro atoms. The number of ether oxygens (including phenoxy) is 3. The lowest BCUT2D eigenvalue weighted by Gasteiger charge is -2.15. The first-order valence-electron chi connectivity index (χ1n) is 9.85. The number of hydrogen-bond acceptors (Lipinski definition) is 5. The van der Waals surface area contributed by atoms with E-state index >= 15 is 0 Å². The van der Waals surface area contributed by atoms with Crippen molar-refractivity contribution in [3.63, 3.8) is 0 Å². The SMILES string of the molecule is CCOC(=O)c1ccc(NCc2cc(Cl)c(OCc3ccc(F)cc3Cl)c(OC)c2)cc1. The van der Waals surface area contributed by atoms with Gasteiger partial charge in [0.05, 0.1) is 29.3 Å². The molecule has 1 N–H and O–H groups in total. The van der Waals surface area contributed by atoms with Gasteiger partial charge in [-0.2, -0.15) is 0 Å². The second-order valence-electron chi connectivity index (χ2n) is 6.78. The number of anilines is 1. The van der Waals surface area contributed by atoms with Crippen LogP contribution < -0.4 is 14.8 Å². The van der Waals surface area contributed by atoms with Crippen LogP contribution in [0.25, 0.3) is 0 Å². The molecule has 168 valence electrons. The zero-order valence-electron chi connectivity index (χ0n) is 17.6. The van der Waals surface area contributed by atoms with Gasteiger partial charge in [0.2, 0.25) is 0 Å². The molecular weight excluding hydrogens is 456 g/mol. The Morgan fingerprint density at radius 2 is 1.78 bits per heavy atom. The molecule has 32 heavy (non-hydrogen) atoms. The summed E-state index contributed by atoms with van der Waals surface area (Å²) >= 11 is 12.5. The molecule has 0 saturated heterocycles. The summed E-state index contributed by atoms with van der Waals surface area (Å²) in [5.41, 5.74) is 2.82. The molecule has 0 amide bonds. The van der Waals surface area contributed by atoms with Crippen molar-refractivity contribution in [2.75, 3.05) is 19.0 Å². The van der Waals surface area contributed by atoms with Crippen molar-refractivity contribution in [1.29, 1.82) is 0 Å². The third-order valence-electron chi connectivity index (χ3n) is 4.57. The number of carbonyl (C=O) groups excluding carboxylic acids is 1. The van der Waals surface area contributed by atoms with Gasteiger partial charge in [0.1, 0.15) is 12.4 Å². The molecule has 0 unspecified atom stereocenters. The van der Waals surface area contributed by atoms with Gasteiger partial charge in [0, 0.05) is 17.8 Å². The monoisotopic (exact) mass is 477 g/mol. The molecule has 0 aliphatic rings. The summed E-state index contributed by atoms with van der Waals surface area (Å²) in [6.45, 7) is 2.68. The highest BCUT2D eigenvalue weighted by Gasteiger charge is 2.14. The largest absolute Gasteiger partial charge is 0.493 e. The number of esters is 1. The molecule has 3 aromatic rings. The predicted octanol–water partition coefficient (Wildman–Crippen LogP) is 6.51. The molecule has 8 heteroatoms. The smallest absolute Gasteiger partial charge is 0.338 e. The van der Waals surface area contributed by atoms with Gasteiger partial charge in [-0.05, 0) is 61.0 Å². The van der Waals surface area contributed by atoms with Gasteiger partial charge in [-0.3, -0.25) is 0 Å². The van der Waals surface area contributed by atoms with Gasteiger partial charge in [0.25, 0.3) is 0 Å². The van der Waals surface area contributed by atoms with Crippen molar-refractivity contribution < 1.29 is 23.4 Å². The van der Waals surface area contributed by atoms with Gasteiger partial charge in [-0.25, -0.2) is 9.18 Å². The van der Waals surface area contributed by atoms with E-state index in [2.05, 4.69) is 5.32 Å². The molecule has 0 atom stereocenters. The van der Waals surface area contributed by atoms with Crippen LogP contribution in [0.1, 0.15) is 28.4 Å². The highest BCUT2D eigenvalue weighted by molar-refractivity contribution is 6.32. The molecule has 3 rings (SSSR count). The van der Waals surface area contributed by atoms with E-state index in [1.807, 2.05) is 6.07 Å². The molecule has 0 heterocycles. The standard InChI is InChI=1S/C24H22Cl2FNO4/c1-3-31-24(29)16-5-8-19(9-6-16)28-13-15-10-21(26)23(22(11-15)30-2)32-14-17-4-7-18(27)12-20(17)25/h4-12,28H,3,13-14H2,1-2H3. The fourth-order valence-corrected chi connectivity index (χ4v) is 3.46. The minimum atomic E-state index is -0.415. The molecule has 5 nitrogen and oxygen atoms in total. The quantitative estimate of drug-likeness (QED) is 0.356. The molecule has 0 aliphatic heterocycles. The number of halogens is 3. The number of methoxy groups -OCH3 is 1. The highest BCUT2D eigenvalue weighted by atomic mass is 35.5. The normalized spacial score (nSPS) is 10.5. The summed E-state index contributed by atoms with van der Waals surface area (Å²) in [7, 11) is 1.52. The van der Waals surface area contributed by atoms with E-state index in [4.69, 9.17) is 37.4 Å². The van der Waals surface area contributed by atoms with Crippen LogP contribution >= 0.6 is 23.2 Å². The van der Waals surface area contributed by atoms with Crippen molar-refractivity contribution in [2.45, 2.75) is 20.1 Å². The second kappa shape index (κ2) is 11.1. The van der Waals surface area contributed by atoms with Crippen LogP contribution in [0, 0.1) is 5.82 Å². The molecule has 0 aromatic heterocycles. The highest BCUT2D eigenvalue weighted by Crippen LogP contribution is 2.37. The minimum Gasteiger partial charge on any atom is -0.493 e. The number of hydrogen-bond donors (Lipinski definition) is 1. The zero-order chi connectivity index (χ0) is 23.1. The zero-order valence-corrected chi connectivity index (χ0v) is 19.1. The Labute approximate surface area is 196 Å². The molecule has 0 fully saturated rings. The third-order valence-corrected chi connectivity index (χ3v) is 5.20. The fraction of sp³-hybridized carbons (Fsp3) is 0.208. The van der Waals surface area contributed by atoms with Crippen molar-refractivity contribution in [3.8, 4) is 11.5 Å². The maximum absolute atomic E-state index is 13.2. The van der Waals surface area contributed by atoms with Crippen LogP contribution in [0.4, 0.5) is 10.1 Å². The minimum absolute atomic E-state index is 0.111. The van der Waals surface area contributed by atoms with Gasteiger partial charge in [-0.15, -0.1) is 0 Å². The summed E-state index contributed by atoms with van der Waals surface area (Å²) in [5.74, 6) is 0.0668. The lowest BCUT2D eigenvalue weighted by atomic mass is 10.1. The van der Waals surface area contributed by atoms with Gasteiger partial charge in [-0.1, -0.05) is 29.3 Å². The van der Waals surface area contributed by atoms with E-state index in [-0.39, 0.29) is 17.6 Å². The van der Waals surface area contributed by atoms with Gasteiger partial charge < -0.3 is 19.5 Å². The van der Waals surface area contributed by atoms with Crippen molar-refractivity contribution >= 4 is 34.9 Å². The van der Waals surface area contributed by atoms with Crippen LogP contribution in [0.5, 0.6) is 11.5 Å². The molecule has 0 aliphatic carbocycles. The van der Waals surface area contributed by atoms with E-state index in [0.717, 1.165) is 11.3 Å². The van der Waals surface area contributed by atoms with Crippen molar-refractivity contribution in [1.82, 2.24) is 0 Å². The average Bonchev–Trinajstić information content (AvgIpc) is 2.78. The first kappa shape index (κ1) is 23.7. The summed E-state index contributed by atoms with van der Waals surface area (Å²) in [6, 6.07) is 14.7. The Morgan fingerprint density at radius 3 is 2.44 bits per heavy atom. The van der Waals surface area contributed by atoms with Crippen molar-refractivity contribution in [3.05, 3.63) is 87.2 Å². The summed E-state index contributed by atoms with van der Waals surface area (Å²) in [5, 5.41) is 3.91. The molecule has 0 saturated carbocycles. The Hall–Kier alpha value is -2.96. The molecular formula is C24H22Cl2FNO4. The Balaban J connectivity index is 1.67. The fourth-order valence-electron chi connectivity index (χ4n) is 2.95. The summed E-state index contributed by atoms with van der Waals surface area (Å²) < 4.78 is 29.5. The number of rotatable bonds is 9. The lowest BCUT2D eigenvalue weighted by molar-refractivity contribution is 0.0526. The first-order valence-corrected chi connectivity index (χ1v) is 10.6. The Bertz CT molecular complexity index is 1090. The summed E-state index contributed by atoms with van der Waals surface area (Å²) in [4.78, 5) is 11.7. The Kier molecular flexibility index (Phi) is 8.20. The topological polar surface area (TPSA) is 56.8 Å². The number of benzene rings is 3. The molecule has 0 radical (unpaired) electrons. The third kappa shape index (κ3) is 6.05. The molecule has 0 bridgehead atoms. The van der Waals surface area contributed by atoms with E-state index in [1.165, 1.54) is 19.2 Å². The number of nitrogens with one attached hydrogen (secondary N) is 1. The number of carbonyl (C=O) groups is 1. The lowest BCUT2D eigenvalue weighted by Crippen LogP contribution is -2.05. The van der Waals surface area contributed by atoms with E-state index < -0.39 is 5.82 Å². The van der Waals surface area contributed by atoms with Crippen LogP contribution in [-0.2, 0) is 17.9 Å². The van der Waals surface area contributed by atoms with Crippen LogP contribution in [0.2, 0.25) is 10.0 Å². The summed E-state index contributed by atoms with van der Waals surface area (Å²) in [6.07, 6.45) is 0. The average molecular weight is 478 g/mol.